The normalized spacial score (nSPS) is 18.3. The molecule has 6 nitrogen and oxygen atoms in total. The molecule has 7 heteroatoms. The summed E-state index contributed by atoms with van der Waals surface area (Å²) in [5, 5.41) is 3.09. The lowest BCUT2D eigenvalue weighted by Crippen LogP contribution is -2.45. The number of fused-ring (bicyclic) bond motifs is 1. The fourth-order valence-corrected chi connectivity index (χ4v) is 3.21. The minimum Gasteiger partial charge on any atom is -0.295 e. The smallest absolute Gasteiger partial charge is 0.262 e. The summed E-state index contributed by atoms with van der Waals surface area (Å²) in [6.45, 7) is 3.63. The van der Waals surface area contributed by atoms with Gasteiger partial charge >= 0.3 is 0 Å². The molecule has 1 aromatic heterocycles. The van der Waals surface area contributed by atoms with Crippen molar-refractivity contribution < 1.29 is 9.59 Å². The lowest BCUT2D eigenvalue weighted by Gasteiger charge is -2.24. The second-order valence-electron chi connectivity index (χ2n) is 5.63. The number of rotatable bonds is 2. The highest BCUT2D eigenvalue weighted by molar-refractivity contribution is 6.35. The van der Waals surface area contributed by atoms with Gasteiger partial charge in [0.15, 0.2) is 0 Å². The van der Waals surface area contributed by atoms with E-state index in [1.54, 1.807) is 19.1 Å². The van der Waals surface area contributed by atoms with Gasteiger partial charge in [0, 0.05) is 6.42 Å². The van der Waals surface area contributed by atoms with Gasteiger partial charge in [-0.1, -0.05) is 18.5 Å². The molecular formula is C16H16ClN3O3. The average Bonchev–Trinajstić information content (AvgIpc) is 2.50. The molecule has 0 bridgehead atoms. The number of nitrogens with zero attached hydrogens (tertiary/aromatic N) is 2. The van der Waals surface area contributed by atoms with Crippen molar-refractivity contribution in [3.05, 3.63) is 38.9 Å². The van der Waals surface area contributed by atoms with Crippen molar-refractivity contribution in [2.45, 2.75) is 39.2 Å². The van der Waals surface area contributed by atoms with E-state index in [2.05, 4.69) is 10.3 Å². The number of hydrogen-bond donors (Lipinski definition) is 1. The van der Waals surface area contributed by atoms with Gasteiger partial charge in [-0.3, -0.25) is 24.3 Å². The Hall–Kier alpha value is -2.21. The minimum atomic E-state index is -0.721. The third-order valence-electron chi connectivity index (χ3n) is 4.12. The minimum absolute atomic E-state index is 0.204. The third-order valence-corrected chi connectivity index (χ3v) is 4.41. The summed E-state index contributed by atoms with van der Waals surface area (Å²) in [4.78, 5) is 40.7. The molecule has 2 heterocycles. The molecule has 1 aliphatic rings. The van der Waals surface area contributed by atoms with Gasteiger partial charge in [0.1, 0.15) is 11.9 Å². The summed E-state index contributed by atoms with van der Waals surface area (Å²) in [6.07, 6.45) is 1.23. The highest BCUT2D eigenvalue weighted by atomic mass is 35.5. The molecule has 1 N–H and O–H groups in total. The number of nitrogens with one attached hydrogen (secondary N) is 1. The molecule has 120 valence electrons. The molecule has 2 amide bonds. The summed E-state index contributed by atoms with van der Waals surface area (Å²) in [7, 11) is 0. The van der Waals surface area contributed by atoms with Crippen molar-refractivity contribution in [1.29, 1.82) is 0 Å². The molecule has 23 heavy (non-hydrogen) atoms. The van der Waals surface area contributed by atoms with Crippen molar-refractivity contribution in [1.82, 2.24) is 14.9 Å². The Balaban J connectivity index is 2.24. The van der Waals surface area contributed by atoms with Crippen molar-refractivity contribution in [2.24, 2.45) is 0 Å². The number of halogens is 1. The Morgan fingerprint density at radius 1 is 1.35 bits per heavy atom. The van der Waals surface area contributed by atoms with Crippen molar-refractivity contribution >= 4 is 34.3 Å². The summed E-state index contributed by atoms with van der Waals surface area (Å²) in [5.74, 6) is -0.379. The molecular weight excluding hydrogens is 318 g/mol. The molecule has 1 fully saturated rings. The molecule has 1 saturated heterocycles. The van der Waals surface area contributed by atoms with E-state index in [4.69, 9.17) is 11.6 Å². The van der Waals surface area contributed by atoms with Gasteiger partial charge in [-0.2, -0.15) is 0 Å². The first-order valence-electron chi connectivity index (χ1n) is 7.47. The largest absolute Gasteiger partial charge is 0.295 e. The summed E-state index contributed by atoms with van der Waals surface area (Å²) < 4.78 is 1.36. The number of benzene rings is 1. The second kappa shape index (κ2) is 5.77. The first-order valence-corrected chi connectivity index (χ1v) is 7.85. The fraction of sp³-hybridized carbons (Fsp3) is 0.375. The Labute approximate surface area is 137 Å². The van der Waals surface area contributed by atoms with Crippen LogP contribution >= 0.6 is 11.6 Å². The number of piperidine rings is 1. The summed E-state index contributed by atoms with van der Waals surface area (Å²) >= 11 is 6.24. The Bertz CT molecular complexity index is 888. The molecule has 0 spiro atoms. The number of carbonyl (C=O) groups is 2. The SMILES string of the molecule is CCc1cc(Cl)c2nc(C)n([C@H]3CCC(=O)NC3=O)c(=O)c2c1. The second-order valence-corrected chi connectivity index (χ2v) is 6.04. The average molecular weight is 334 g/mol. The molecule has 0 unspecified atom stereocenters. The molecule has 1 aliphatic heterocycles. The van der Waals surface area contributed by atoms with Gasteiger partial charge < -0.3 is 0 Å². The van der Waals surface area contributed by atoms with Crippen molar-refractivity contribution in [2.75, 3.05) is 0 Å². The number of amides is 2. The lowest BCUT2D eigenvalue weighted by molar-refractivity contribution is -0.135. The zero-order valence-corrected chi connectivity index (χ0v) is 13.6. The van der Waals surface area contributed by atoms with Crippen LogP contribution < -0.4 is 10.9 Å². The van der Waals surface area contributed by atoms with Gasteiger partial charge in [-0.15, -0.1) is 0 Å². The van der Waals surface area contributed by atoms with Crippen LogP contribution in [-0.4, -0.2) is 21.4 Å². The van der Waals surface area contributed by atoms with Gasteiger partial charge in [-0.05, 0) is 37.5 Å². The standard InChI is InChI=1S/C16H16ClN3O3/c1-3-9-6-10-14(11(17)7-9)18-8(2)20(16(10)23)12-4-5-13(21)19-15(12)22/h6-7,12H,3-5H2,1-2H3,(H,19,21,22)/t12-/m0/s1. The molecule has 0 aliphatic carbocycles. The highest BCUT2D eigenvalue weighted by Crippen LogP contribution is 2.25. The highest BCUT2D eigenvalue weighted by Gasteiger charge is 2.30. The predicted molar refractivity (Wildman–Crippen MR) is 86.5 cm³/mol. The van der Waals surface area contributed by atoms with E-state index in [-0.39, 0.29) is 17.9 Å². The first kappa shape index (κ1) is 15.7. The summed E-state index contributed by atoms with van der Waals surface area (Å²) in [6, 6.07) is 2.84. The fourth-order valence-electron chi connectivity index (χ4n) is 2.92. The zero-order valence-electron chi connectivity index (χ0n) is 12.9. The van der Waals surface area contributed by atoms with Gasteiger partial charge in [-0.25, -0.2) is 4.98 Å². The van der Waals surface area contributed by atoms with E-state index < -0.39 is 11.9 Å². The number of carbonyl (C=O) groups excluding carboxylic acids is 2. The van der Waals surface area contributed by atoms with Gasteiger partial charge in [0.2, 0.25) is 11.8 Å². The topological polar surface area (TPSA) is 81.1 Å². The number of hydrogen-bond acceptors (Lipinski definition) is 4. The van der Waals surface area contributed by atoms with Crippen molar-refractivity contribution in [3.63, 3.8) is 0 Å². The van der Waals surface area contributed by atoms with Crippen LogP contribution in [0.5, 0.6) is 0 Å². The maximum absolute atomic E-state index is 12.9. The first-order chi connectivity index (χ1) is 10.9. The molecule has 0 radical (unpaired) electrons. The molecule has 1 atom stereocenters. The van der Waals surface area contributed by atoms with Crippen LogP contribution in [0, 0.1) is 6.92 Å². The number of aryl methyl sites for hydroxylation is 2. The zero-order chi connectivity index (χ0) is 16.7. The van der Waals surface area contributed by atoms with E-state index in [0.717, 1.165) is 12.0 Å². The van der Waals surface area contributed by atoms with Gasteiger partial charge in [0.05, 0.1) is 15.9 Å². The van der Waals surface area contributed by atoms with Crippen LogP contribution in [0.4, 0.5) is 0 Å². The Morgan fingerprint density at radius 3 is 2.74 bits per heavy atom. The van der Waals surface area contributed by atoms with Crippen LogP contribution in [0.1, 0.15) is 37.2 Å². The molecule has 2 aromatic rings. The van der Waals surface area contributed by atoms with Gasteiger partial charge in [0.25, 0.3) is 5.56 Å². The lowest BCUT2D eigenvalue weighted by atomic mass is 10.0. The monoisotopic (exact) mass is 333 g/mol. The van der Waals surface area contributed by atoms with Crippen molar-refractivity contribution in [3.8, 4) is 0 Å². The number of imide groups is 1. The maximum atomic E-state index is 12.9. The van der Waals surface area contributed by atoms with E-state index in [0.29, 0.717) is 28.2 Å². The van der Waals surface area contributed by atoms with E-state index in [9.17, 15) is 14.4 Å². The van der Waals surface area contributed by atoms with Crippen LogP contribution in [0.15, 0.2) is 16.9 Å². The van der Waals surface area contributed by atoms with Crippen LogP contribution in [0.25, 0.3) is 10.9 Å². The molecule has 1 aromatic carbocycles. The van der Waals surface area contributed by atoms with Crippen LogP contribution in [0.2, 0.25) is 5.02 Å². The maximum Gasteiger partial charge on any atom is 0.262 e. The van der Waals surface area contributed by atoms with E-state index in [1.165, 1.54) is 4.57 Å². The Kier molecular flexibility index (Phi) is 3.93. The molecule has 0 saturated carbocycles. The Morgan fingerprint density at radius 2 is 2.09 bits per heavy atom. The molecule has 3 rings (SSSR count). The predicted octanol–water partition coefficient (Wildman–Crippen LogP) is 1.90. The summed E-state index contributed by atoms with van der Waals surface area (Å²) in [5.41, 5.74) is 1.06. The van der Waals surface area contributed by atoms with E-state index >= 15 is 0 Å². The third kappa shape index (κ3) is 2.63. The number of aromatic nitrogens is 2. The van der Waals surface area contributed by atoms with Crippen LogP contribution in [-0.2, 0) is 16.0 Å². The quantitative estimate of drug-likeness (QED) is 0.851. The van der Waals surface area contributed by atoms with Crippen LogP contribution in [0.3, 0.4) is 0 Å². The van der Waals surface area contributed by atoms with E-state index in [1.807, 2.05) is 6.92 Å².